The van der Waals surface area contributed by atoms with Gasteiger partial charge in [-0.1, -0.05) is 37.6 Å². The van der Waals surface area contributed by atoms with Gasteiger partial charge in [-0.2, -0.15) is 0 Å². The first-order valence-electron chi connectivity index (χ1n) is 14.7. The second kappa shape index (κ2) is 14.6. The van der Waals surface area contributed by atoms with E-state index in [1.807, 2.05) is 18.2 Å². The molecule has 2 aliphatic rings. The SMILES string of the molecule is CCCCN(CCCCN(C)C)C(=O)CN1CC(c2ccc3c(c2)OCO3)CC1CCc1ccccc1OC. The first-order chi connectivity index (χ1) is 19.0. The van der Waals surface area contributed by atoms with Gasteiger partial charge in [-0.25, -0.2) is 0 Å². The predicted octanol–water partition coefficient (Wildman–Crippen LogP) is 5.19. The summed E-state index contributed by atoms with van der Waals surface area (Å²) in [7, 11) is 5.95. The Labute approximate surface area is 235 Å². The van der Waals surface area contributed by atoms with Crippen LogP contribution in [0.4, 0.5) is 0 Å². The summed E-state index contributed by atoms with van der Waals surface area (Å²) >= 11 is 0. The van der Waals surface area contributed by atoms with Crippen LogP contribution in [0, 0.1) is 0 Å². The van der Waals surface area contributed by atoms with Crippen LogP contribution in [0.5, 0.6) is 17.2 Å². The lowest BCUT2D eigenvalue weighted by Gasteiger charge is -2.29. The van der Waals surface area contributed by atoms with E-state index in [0.717, 1.165) is 88.4 Å². The molecule has 7 heteroatoms. The maximum atomic E-state index is 13.7. The number of rotatable bonds is 15. The minimum atomic E-state index is 0.266. The molecule has 0 N–H and O–H groups in total. The van der Waals surface area contributed by atoms with Crippen LogP contribution < -0.4 is 14.2 Å². The van der Waals surface area contributed by atoms with E-state index < -0.39 is 0 Å². The molecule has 0 bridgehead atoms. The van der Waals surface area contributed by atoms with Crippen molar-refractivity contribution >= 4 is 5.91 Å². The van der Waals surface area contributed by atoms with E-state index in [0.29, 0.717) is 18.5 Å². The van der Waals surface area contributed by atoms with Crippen LogP contribution in [0.2, 0.25) is 0 Å². The topological polar surface area (TPSA) is 54.5 Å². The van der Waals surface area contributed by atoms with Crippen molar-refractivity contribution in [1.29, 1.82) is 0 Å². The summed E-state index contributed by atoms with van der Waals surface area (Å²) in [6.45, 7) is 6.59. The molecule has 2 aromatic rings. The molecule has 0 saturated carbocycles. The number of amides is 1. The lowest BCUT2D eigenvalue weighted by molar-refractivity contribution is -0.132. The third-order valence-corrected chi connectivity index (χ3v) is 8.09. The van der Waals surface area contributed by atoms with E-state index >= 15 is 0 Å². The highest BCUT2D eigenvalue weighted by atomic mass is 16.7. The average Bonchev–Trinajstić information content (AvgIpc) is 3.57. The highest BCUT2D eigenvalue weighted by Gasteiger charge is 2.35. The van der Waals surface area contributed by atoms with Gasteiger partial charge in [0.25, 0.3) is 0 Å². The van der Waals surface area contributed by atoms with E-state index in [-0.39, 0.29) is 12.7 Å². The first kappa shape index (κ1) is 29.2. The lowest BCUT2D eigenvalue weighted by atomic mass is 9.94. The van der Waals surface area contributed by atoms with Gasteiger partial charge in [-0.15, -0.1) is 0 Å². The molecule has 4 rings (SSSR count). The summed E-state index contributed by atoms with van der Waals surface area (Å²) in [5.41, 5.74) is 2.49. The number of hydrogen-bond donors (Lipinski definition) is 0. The largest absolute Gasteiger partial charge is 0.496 e. The molecule has 0 aromatic heterocycles. The van der Waals surface area contributed by atoms with Gasteiger partial charge in [0.2, 0.25) is 12.7 Å². The number of methoxy groups -OCH3 is 1. The maximum absolute atomic E-state index is 13.7. The van der Waals surface area contributed by atoms with Crippen LogP contribution >= 0.6 is 0 Å². The van der Waals surface area contributed by atoms with Crippen molar-refractivity contribution in [2.75, 3.05) is 60.7 Å². The molecule has 7 nitrogen and oxygen atoms in total. The van der Waals surface area contributed by atoms with Crippen LogP contribution in [0.25, 0.3) is 0 Å². The standard InChI is InChI=1S/C32H47N3O4/c1-5-6-18-34(19-10-9-17-33(2)3)32(36)23-35-22-27(26-14-16-30-31(21-26)39-24-38-30)20-28(35)15-13-25-11-7-8-12-29(25)37-4/h7-8,11-12,14,16,21,27-28H,5-6,9-10,13,15,17-20,22-24H2,1-4H3. The number of hydrogen-bond acceptors (Lipinski definition) is 6. The van der Waals surface area contributed by atoms with Gasteiger partial charge in [0.05, 0.1) is 13.7 Å². The van der Waals surface area contributed by atoms with Crippen molar-refractivity contribution in [3.05, 3.63) is 53.6 Å². The van der Waals surface area contributed by atoms with Crippen molar-refractivity contribution in [2.24, 2.45) is 0 Å². The smallest absolute Gasteiger partial charge is 0.236 e. The van der Waals surface area contributed by atoms with Crippen LogP contribution in [0.15, 0.2) is 42.5 Å². The van der Waals surface area contributed by atoms with Crippen molar-refractivity contribution < 1.29 is 19.0 Å². The van der Waals surface area contributed by atoms with Gasteiger partial charge in [0, 0.05) is 25.7 Å². The molecule has 2 heterocycles. The predicted molar refractivity (Wildman–Crippen MR) is 156 cm³/mol. The normalized spacial score (nSPS) is 18.6. The lowest BCUT2D eigenvalue weighted by Crippen LogP contribution is -2.43. The van der Waals surface area contributed by atoms with Gasteiger partial charge in [-0.05, 0) is 94.4 Å². The van der Waals surface area contributed by atoms with Crippen LogP contribution in [0.1, 0.15) is 62.5 Å². The average molecular weight is 538 g/mol. The van der Waals surface area contributed by atoms with Crippen molar-refractivity contribution in [1.82, 2.24) is 14.7 Å². The fourth-order valence-corrected chi connectivity index (χ4v) is 5.83. The molecule has 39 heavy (non-hydrogen) atoms. The molecular formula is C32H47N3O4. The summed E-state index contributed by atoms with van der Waals surface area (Å²) < 4.78 is 16.8. The summed E-state index contributed by atoms with van der Waals surface area (Å²) in [5, 5.41) is 0. The minimum absolute atomic E-state index is 0.266. The number of para-hydroxylation sites is 1. The Hall–Kier alpha value is -2.77. The number of benzene rings is 2. The fourth-order valence-electron chi connectivity index (χ4n) is 5.83. The number of aryl methyl sites for hydroxylation is 1. The van der Waals surface area contributed by atoms with Gasteiger partial charge < -0.3 is 24.0 Å². The monoisotopic (exact) mass is 537 g/mol. The molecule has 2 atom stereocenters. The molecule has 1 saturated heterocycles. The molecule has 2 aliphatic heterocycles. The van der Waals surface area contributed by atoms with Crippen molar-refractivity contribution in [3.63, 3.8) is 0 Å². The van der Waals surface area contributed by atoms with E-state index in [9.17, 15) is 4.79 Å². The molecule has 1 fully saturated rings. The van der Waals surface area contributed by atoms with E-state index in [2.05, 4.69) is 60.0 Å². The van der Waals surface area contributed by atoms with Gasteiger partial charge in [0.1, 0.15) is 5.75 Å². The second-order valence-electron chi connectivity index (χ2n) is 11.2. The quantitative estimate of drug-likeness (QED) is 0.292. The Balaban J connectivity index is 1.45. The van der Waals surface area contributed by atoms with Gasteiger partial charge in [0.15, 0.2) is 11.5 Å². The Morgan fingerprint density at radius 2 is 1.79 bits per heavy atom. The summed E-state index contributed by atoms with van der Waals surface area (Å²) in [6.07, 6.45) is 7.25. The van der Waals surface area contributed by atoms with Crippen molar-refractivity contribution in [3.8, 4) is 17.2 Å². The Morgan fingerprint density at radius 1 is 1.03 bits per heavy atom. The number of carbonyl (C=O) groups is 1. The number of nitrogens with zero attached hydrogens (tertiary/aromatic N) is 3. The highest BCUT2D eigenvalue weighted by molar-refractivity contribution is 5.78. The zero-order chi connectivity index (χ0) is 27.6. The Bertz CT molecular complexity index is 1060. The van der Waals surface area contributed by atoms with Crippen molar-refractivity contribution in [2.45, 2.75) is 63.8 Å². The van der Waals surface area contributed by atoms with E-state index in [4.69, 9.17) is 14.2 Å². The maximum Gasteiger partial charge on any atom is 0.236 e. The summed E-state index contributed by atoms with van der Waals surface area (Å²) in [5.74, 6) is 3.21. The molecule has 0 radical (unpaired) electrons. The van der Waals surface area contributed by atoms with Crippen LogP contribution in [0.3, 0.4) is 0 Å². The number of unbranched alkanes of at least 4 members (excludes halogenated alkanes) is 2. The third kappa shape index (κ3) is 8.12. The van der Waals surface area contributed by atoms with E-state index in [1.54, 1.807) is 7.11 Å². The molecule has 2 unspecified atom stereocenters. The molecular weight excluding hydrogens is 490 g/mol. The molecule has 2 aromatic carbocycles. The van der Waals surface area contributed by atoms with Crippen LogP contribution in [-0.2, 0) is 11.2 Å². The number of fused-ring (bicyclic) bond motifs is 1. The zero-order valence-corrected chi connectivity index (χ0v) is 24.4. The Morgan fingerprint density at radius 3 is 2.59 bits per heavy atom. The summed E-state index contributed by atoms with van der Waals surface area (Å²) in [4.78, 5) is 20.4. The first-order valence-corrected chi connectivity index (χ1v) is 14.7. The third-order valence-electron chi connectivity index (χ3n) is 8.09. The number of carbonyl (C=O) groups excluding carboxylic acids is 1. The number of likely N-dealkylation sites (tertiary alicyclic amines) is 1. The highest BCUT2D eigenvalue weighted by Crippen LogP contribution is 2.39. The fraction of sp³-hybridized carbons (Fsp3) is 0.594. The summed E-state index contributed by atoms with van der Waals surface area (Å²) in [6, 6.07) is 14.9. The molecule has 1 amide bonds. The molecule has 0 aliphatic carbocycles. The van der Waals surface area contributed by atoms with E-state index in [1.165, 1.54) is 11.1 Å². The number of ether oxygens (including phenoxy) is 3. The van der Waals surface area contributed by atoms with Gasteiger partial charge in [-0.3, -0.25) is 9.69 Å². The minimum Gasteiger partial charge on any atom is -0.496 e. The molecule has 214 valence electrons. The molecule has 0 spiro atoms. The van der Waals surface area contributed by atoms with Crippen LogP contribution in [-0.4, -0.2) is 87.4 Å². The zero-order valence-electron chi connectivity index (χ0n) is 24.4. The Kier molecular flexibility index (Phi) is 10.9. The second-order valence-corrected chi connectivity index (χ2v) is 11.2. The van der Waals surface area contributed by atoms with Gasteiger partial charge >= 0.3 is 0 Å².